The van der Waals surface area contributed by atoms with Crippen LogP contribution in [0.1, 0.15) is 25.1 Å². The van der Waals surface area contributed by atoms with Crippen LogP contribution in [0, 0.1) is 5.82 Å². The van der Waals surface area contributed by atoms with Crippen molar-refractivity contribution in [2.45, 2.75) is 31.2 Å². The number of hydrogen-bond acceptors (Lipinski definition) is 2. The van der Waals surface area contributed by atoms with Crippen molar-refractivity contribution in [3.63, 3.8) is 0 Å². The Kier molecular flexibility index (Phi) is 2.23. The number of fused-ring (bicyclic) bond motifs is 1. The Labute approximate surface area is 99.4 Å². The van der Waals surface area contributed by atoms with Gasteiger partial charge in [-0.1, -0.05) is 0 Å². The van der Waals surface area contributed by atoms with Crippen molar-refractivity contribution < 1.29 is 4.39 Å². The van der Waals surface area contributed by atoms with Crippen molar-refractivity contribution in [2.75, 3.05) is 0 Å². The fourth-order valence-electron chi connectivity index (χ4n) is 2.50. The third kappa shape index (κ3) is 1.72. The summed E-state index contributed by atoms with van der Waals surface area (Å²) in [6.07, 6.45) is 4.10. The van der Waals surface area contributed by atoms with Gasteiger partial charge in [0.1, 0.15) is 11.6 Å². The van der Waals surface area contributed by atoms with Crippen LogP contribution in [0.3, 0.4) is 0 Å². The van der Waals surface area contributed by atoms with Gasteiger partial charge in [-0.25, -0.2) is 9.37 Å². The zero-order chi connectivity index (χ0) is 12.0. The maximum absolute atomic E-state index is 13.1. The summed E-state index contributed by atoms with van der Waals surface area (Å²) in [5.41, 5.74) is 7.81. The first-order valence-corrected chi connectivity index (χ1v) is 5.97. The third-order valence-electron chi connectivity index (χ3n) is 3.80. The molecule has 1 aliphatic carbocycles. The molecule has 0 radical (unpaired) electrons. The van der Waals surface area contributed by atoms with Gasteiger partial charge in [-0.2, -0.15) is 0 Å². The van der Waals surface area contributed by atoms with E-state index in [0.29, 0.717) is 5.52 Å². The molecule has 0 amide bonds. The lowest BCUT2D eigenvalue weighted by Crippen LogP contribution is -2.48. The van der Waals surface area contributed by atoms with Crippen molar-refractivity contribution in [3.8, 4) is 0 Å². The highest BCUT2D eigenvalue weighted by molar-refractivity contribution is 5.76. The highest BCUT2D eigenvalue weighted by atomic mass is 19.1. The molecule has 0 unspecified atom stereocenters. The number of hydrogen-bond donors (Lipinski definition) is 1. The molecule has 1 fully saturated rings. The zero-order valence-electron chi connectivity index (χ0n) is 9.91. The van der Waals surface area contributed by atoms with E-state index in [4.69, 9.17) is 5.73 Å². The van der Waals surface area contributed by atoms with Crippen LogP contribution in [0.4, 0.5) is 4.39 Å². The lowest BCUT2D eigenvalue weighted by atomic mass is 9.75. The van der Waals surface area contributed by atoms with Gasteiger partial charge in [0.25, 0.3) is 0 Å². The van der Waals surface area contributed by atoms with E-state index >= 15 is 0 Å². The SMILES string of the molecule is Cn1c(CC2(N)CCC2)nc2cc(F)ccc21. The number of aryl methyl sites for hydroxylation is 1. The van der Waals surface area contributed by atoms with Gasteiger partial charge < -0.3 is 10.3 Å². The van der Waals surface area contributed by atoms with E-state index in [9.17, 15) is 4.39 Å². The van der Waals surface area contributed by atoms with Crippen LogP contribution < -0.4 is 5.73 Å². The lowest BCUT2D eigenvalue weighted by molar-refractivity contribution is 0.242. The van der Waals surface area contributed by atoms with E-state index in [-0.39, 0.29) is 11.4 Å². The fraction of sp³-hybridized carbons (Fsp3) is 0.462. The van der Waals surface area contributed by atoms with E-state index in [1.165, 1.54) is 18.6 Å². The fourth-order valence-corrected chi connectivity index (χ4v) is 2.50. The summed E-state index contributed by atoms with van der Waals surface area (Å²) in [6.45, 7) is 0. The second kappa shape index (κ2) is 3.53. The molecule has 0 saturated heterocycles. The second-order valence-corrected chi connectivity index (χ2v) is 5.11. The Morgan fingerprint density at radius 2 is 2.24 bits per heavy atom. The molecule has 0 bridgehead atoms. The first kappa shape index (κ1) is 10.7. The summed E-state index contributed by atoms with van der Waals surface area (Å²) in [6, 6.07) is 4.71. The predicted octanol–water partition coefficient (Wildman–Crippen LogP) is 2.14. The molecule has 1 saturated carbocycles. The van der Waals surface area contributed by atoms with Gasteiger partial charge in [-0.05, 0) is 31.4 Å². The monoisotopic (exact) mass is 233 g/mol. The zero-order valence-corrected chi connectivity index (χ0v) is 9.91. The van der Waals surface area contributed by atoms with Crippen molar-refractivity contribution in [1.29, 1.82) is 0 Å². The Hall–Kier alpha value is -1.42. The largest absolute Gasteiger partial charge is 0.331 e. The van der Waals surface area contributed by atoms with E-state index in [0.717, 1.165) is 30.6 Å². The molecule has 1 aromatic heterocycles. The van der Waals surface area contributed by atoms with E-state index in [1.54, 1.807) is 6.07 Å². The number of nitrogens with zero attached hydrogens (tertiary/aromatic N) is 2. The van der Waals surface area contributed by atoms with E-state index in [1.807, 2.05) is 11.6 Å². The van der Waals surface area contributed by atoms with Crippen molar-refractivity contribution in [3.05, 3.63) is 29.8 Å². The average molecular weight is 233 g/mol. The predicted molar refractivity (Wildman–Crippen MR) is 65.1 cm³/mol. The average Bonchev–Trinajstić information content (AvgIpc) is 2.53. The molecule has 1 aliphatic rings. The number of nitrogens with two attached hydrogens (primary N) is 1. The molecule has 0 aliphatic heterocycles. The first-order valence-electron chi connectivity index (χ1n) is 5.97. The van der Waals surface area contributed by atoms with Gasteiger partial charge in [0, 0.05) is 25.1 Å². The summed E-state index contributed by atoms with van der Waals surface area (Å²) in [4.78, 5) is 4.48. The molecule has 0 atom stereocenters. The molecule has 17 heavy (non-hydrogen) atoms. The Bertz CT molecular complexity index is 569. The van der Waals surface area contributed by atoms with Gasteiger partial charge in [-0.15, -0.1) is 0 Å². The molecule has 1 heterocycles. The normalized spacial score (nSPS) is 18.3. The molecular weight excluding hydrogens is 217 g/mol. The first-order chi connectivity index (χ1) is 8.07. The van der Waals surface area contributed by atoms with Crippen LogP contribution in [-0.2, 0) is 13.5 Å². The summed E-state index contributed by atoms with van der Waals surface area (Å²) < 4.78 is 15.1. The summed E-state index contributed by atoms with van der Waals surface area (Å²) in [5, 5.41) is 0. The van der Waals surface area contributed by atoms with Crippen molar-refractivity contribution in [1.82, 2.24) is 9.55 Å². The van der Waals surface area contributed by atoms with Crippen LogP contribution >= 0.6 is 0 Å². The van der Waals surface area contributed by atoms with Crippen LogP contribution in [0.25, 0.3) is 11.0 Å². The molecule has 3 rings (SSSR count). The number of benzene rings is 1. The van der Waals surface area contributed by atoms with Crippen LogP contribution in [-0.4, -0.2) is 15.1 Å². The highest BCUT2D eigenvalue weighted by Gasteiger charge is 2.34. The Morgan fingerprint density at radius 3 is 2.88 bits per heavy atom. The summed E-state index contributed by atoms with van der Waals surface area (Å²) >= 11 is 0. The number of imidazole rings is 1. The van der Waals surface area contributed by atoms with Gasteiger partial charge in [0.05, 0.1) is 11.0 Å². The summed E-state index contributed by atoms with van der Waals surface area (Å²) in [5.74, 6) is 0.709. The third-order valence-corrected chi connectivity index (χ3v) is 3.80. The maximum Gasteiger partial charge on any atom is 0.125 e. The van der Waals surface area contributed by atoms with Crippen LogP contribution in [0.15, 0.2) is 18.2 Å². The molecule has 90 valence electrons. The maximum atomic E-state index is 13.1. The number of aromatic nitrogens is 2. The van der Waals surface area contributed by atoms with Crippen molar-refractivity contribution in [2.24, 2.45) is 12.8 Å². The molecule has 0 spiro atoms. The highest BCUT2D eigenvalue weighted by Crippen LogP contribution is 2.32. The van der Waals surface area contributed by atoms with E-state index in [2.05, 4.69) is 4.98 Å². The molecule has 4 heteroatoms. The molecular formula is C13H16FN3. The van der Waals surface area contributed by atoms with Crippen molar-refractivity contribution >= 4 is 11.0 Å². The lowest BCUT2D eigenvalue weighted by Gasteiger charge is -2.37. The summed E-state index contributed by atoms with van der Waals surface area (Å²) in [7, 11) is 1.96. The molecule has 1 aromatic carbocycles. The topological polar surface area (TPSA) is 43.8 Å². The van der Waals surface area contributed by atoms with Gasteiger partial charge in [-0.3, -0.25) is 0 Å². The molecule has 2 N–H and O–H groups in total. The van der Waals surface area contributed by atoms with E-state index < -0.39 is 0 Å². The number of rotatable bonds is 2. The standard InChI is InChI=1S/C13H16FN3/c1-17-11-4-3-9(14)7-10(11)16-12(17)8-13(15)5-2-6-13/h3-4,7H,2,5-6,8,15H2,1H3. The second-order valence-electron chi connectivity index (χ2n) is 5.11. The van der Waals surface area contributed by atoms with Gasteiger partial charge in [0.15, 0.2) is 0 Å². The van der Waals surface area contributed by atoms with Crippen LogP contribution in [0.2, 0.25) is 0 Å². The minimum atomic E-state index is -0.242. The van der Waals surface area contributed by atoms with Gasteiger partial charge >= 0.3 is 0 Å². The Balaban J connectivity index is 2.02. The minimum Gasteiger partial charge on any atom is -0.331 e. The minimum absolute atomic E-state index is 0.0896. The van der Waals surface area contributed by atoms with Gasteiger partial charge in [0.2, 0.25) is 0 Å². The smallest absolute Gasteiger partial charge is 0.125 e. The van der Waals surface area contributed by atoms with Crippen LogP contribution in [0.5, 0.6) is 0 Å². The molecule has 3 nitrogen and oxygen atoms in total. The Morgan fingerprint density at radius 1 is 1.47 bits per heavy atom. The number of halogens is 1. The quantitative estimate of drug-likeness (QED) is 0.863. The molecule has 2 aromatic rings.